The SMILES string of the molecule is CCC(CC)C(C)NC(=O)N1CCCC(CCC(=O)O)C1. The minimum Gasteiger partial charge on any atom is -0.481 e. The second kappa shape index (κ2) is 8.90. The van der Waals surface area contributed by atoms with Crippen LogP contribution in [0, 0.1) is 11.8 Å². The Kier molecular flexibility index (Phi) is 7.54. The van der Waals surface area contributed by atoms with E-state index in [1.54, 1.807) is 0 Å². The van der Waals surface area contributed by atoms with Crippen LogP contribution >= 0.6 is 0 Å². The number of aliphatic carboxylic acids is 1. The molecule has 2 amide bonds. The van der Waals surface area contributed by atoms with E-state index in [0.717, 1.165) is 32.2 Å². The smallest absolute Gasteiger partial charge is 0.317 e. The number of urea groups is 1. The molecule has 0 aromatic rings. The molecule has 2 unspecified atom stereocenters. The van der Waals surface area contributed by atoms with Crippen molar-refractivity contribution in [3.63, 3.8) is 0 Å². The molecule has 2 N–H and O–H groups in total. The van der Waals surface area contributed by atoms with Crippen molar-refractivity contribution >= 4 is 12.0 Å². The highest BCUT2D eigenvalue weighted by Crippen LogP contribution is 2.21. The van der Waals surface area contributed by atoms with Gasteiger partial charge in [0.15, 0.2) is 0 Å². The summed E-state index contributed by atoms with van der Waals surface area (Å²) in [6.07, 6.45) is 5.00. The van der Waals surface area contributed by atoms with Crippen LogP contribution in [0.4, 0.5) is 4.79 Å². The van der Waals surface area contributed by atoms with Crippen LogP contribution in [0.1, 0.15) is 59.3 Å². The Hall–Kier alpha value is -1.26. The third-order valence-corrected chi connectivity index (χ3v) is 4.68. The molecule has 0 radical (unpaired) electrons. The van der Waals surface area contributed by atoms with Crippen molar-refractivity contribution in [3.05, 3.63) is 0 Å². The number of hydrogen-bond acceptors (Lipinski definition) is 2. The lowest BCUT2D eigenvalue weighted by Crippen LogP contribution is -2.49. The van der Waals surface area contributed by atoms with Gasteiger partial charge in [-0.15, -0.1) is 0 Å². The first-order chi connectivity index (χ1) is 9.97. The van der Waals surface area contributed by atoms with Crippen LogP contribution in [0.2, 0.25) is 0 Å². The van der Waals surface area contributed by atoms with Gasteiger partial charge in [-0.25, -0.2) is 4.79 Å². The zero-order valence-electron chi connectivity index (χ0n) is 13.6. The van der Waals surface area contributed by atoms with Crippen LogP contribution in [0.15, 0.2) is 0 Å². The fourth-order valence-electron chi connectivity index (χ4n) is 3.21. The molecule has 5 heteroatoms. The lowest BCUT2D eigenvalue weighted by molar-refractivity contribution is -0.137. The molecular formula is C16H30N2O3. The van der Waals surface area contributed by atoms with Crippen LogP contribution in [0.3, 0.4) is 0 Å². The van der Waals surface area contributed by atoms with Gasteiger partial charge >= 0.3 is 12.0 Å². The minimum atomic E-state index is -0.751. The molecule has 1 aliphatic rings. The molecule has 1 rings (SSSR count). The van der Waals surface area contributed by atoms with Crippen molar-refractivity contribution in [2.75, 3.05) is 13.1 Å². The van der Waals surface area contributed by atoms with E-state index < -0.39 is 5.97 Å². The first kappa shape index (κ1) is 17.8. The number of carbonyl (C=O) groups is 2. The maximum atomic E-state index is 12.3. The molecule has 0 bridgehead atoms. The van der Waals surface area contributed by atoms with E-state index in [2.05, 4.69) is 26.1 Å². The first-order valence-corrected chi connectivity index (χ1v) is 8.25. The van der Waals surface area contributed by atoms with E-state index in [0.29, 0.717) is 24.8 Å². The Morgan fingerprint density at radius 1 is 1.33 bits per heavy atom. The summed E-state index contributed by atoms with van der Waals surface area (Å²) in [6, 6.07) is 0.196. The molecule has 1 heterocycles. The van der Waals surface area contributed by atoms with Gasteiger partial charge < -0.3 is 15.3 Å². The number of nitrogens with one attached hydrogen (secondary N) is 1. The quantitative estimate of drug-likeness (QED) is 0.759. The number of likely N-dealkylation sites (tertiary alicyclic amines) is 1. The van der Waals surface area contributed by atoms with Crippen LogP contribution in [-0.2, 0) is 4.79 Å². The molecule has 0 aliphatic carbocycles. The number of hydrogen-bond donors (Lipinski definition) is 2. The number of nitrogens with zero attached hydrogens (tertiary/aromatic N) is 1. The predicted octanol–water partition coefficient (Wildman–Crippen LogP) is 3.10. The van der Waals surface area contributed by atoms with Gasteiger partial charge in [0.1, 0.15) is 0 Å². The van der Waals surface area contributed by atoms with Crippen molar-refractivity contribution in [1.29, 1.82) is 0 Å². The Bertz CT molecular complexity index is 342. The Morgan fingerprint density at radius 2 is 2.00 bits per heavy atom. The van der Waals surface area contributed by atoms with Crippen molar-refractivity contribution in [1.82, 2.24) is 10.2 Å². The fraction of sp³-hybridized carbons (Fsp3) is 0.875. The number of carboxylic acid groups (broad SMARTS) is 1. The van der Waals surface area contributed by atoms with Crippen molar-refractivity contribution < 1.29 is 14.7 Å². The summed E-state index contributed by atoms with van der Waals surface area (Å²) in [6.45, 7) is 7.85. The minimum absolute atomic E-state index is 0.00873. The highest BCUT2D eigenvalue weighted by molar-refractivity contribution is 5.74. The van der Waals surface area contributed by atoms with Crippen molar-refractivity contribution in [2.24, 2.45) is 11.8 Å². The van der Waals surface area contributed by atoms with Gasteiger partial charge in [-0.05, 0) is 38.0 Å². The monoisotopic (exact) mass is 298 g/mol. The largest absolute Gasteiger partial charge is 0.481 e. The van der Waals surface area contributed by atoms with E-state index in [9.17, 15) is 9.59 Å². The second-order valence-corrected chi connectivity index (χ2v) is 6.20. The number of carboxylic acids is 1. The molecule has 0 aromatic carbocycles. The topological polar surface area (TPSA) is 69.6 Å². The third-order valence-electron chi connectivity index (χ3n) is 4.68. The van der Waals surface area contributed by atoms with Gasteiger partial charge in [0.05, 0.1) is 0 Å². The van der Waals surface area contributed by atoms with Gasteiger partial charge in [0, 0.05) is 25.6 Å². The lowest BCUT2D eigenvalue weighted by atomic mass is 9.93. The normalized spacial score (nSPS) is 20.4. The number of carbonyl (C=O) groups excluding carboxylic acids is 1. The molecule has 1 fully saturated rings. The molecule has 1 saturated heterocycles. The molecule has 0 aromatic heterocycles. The van der Waals surface area contributed by atoms with Crippen LogP contribution < -0.4 is 5.32 Å². The Balaban J connectivity index is 2.44. The van der Waals surface area contributed by atoms with E-state index >= 15 is 0 Å². The Labute approximate surface area is 128 Å². The average molecular weight is 298 g/mol. The number of piperidine rings is 1. The maximum absolute atomic E-state index is 12.3. The van der Waals surface area contributed by atoms with Gasteiger partial charge in [-0.2, -0.15) is 0 Å². The summed E-state index contributed by atoms with van der Waals surface area (Å²) < 4.78 is 0. The highest BCUT2D eigenvalue weighted by Gasteiger charge is 2.25. The molecule has 0 saturated carbocycles. The third kappa shape index (κ3) is 5.94. The molecule has 21 heavy (non-hydrogen) atoms. The van der Waals surface area contributed by atoms with Crippen molar-refractivity contribution in [3.8, 4) is 0 Å². The van der Waals surface area contributed by atoms with Crippen LogP contribution in [0.5, 0.6) is 0 Å². The van der Waals surface area contributed by atoms with E-state index in [4.69, 9.17) is 5.11 Å². The Morgan fingerprint density at radius 3 is 2.57 bits per heavy atom. The fourth-order valence-corrected chi connectivity index (χ4v) is 3.21. The maximum Gasteiger partial charge on any atom is 0.317 e. The summed E-state index contributed by atoms with van der Waals surface area (Å²) in [4.78, 5) is 24.8. The zero-order chi connectivity index (χ0) is 15.8. The predicted molar refractivity (Wildman–Crippen MR) is 83.2 cm³/mol. The van der Waals surface area contributed by atoms with Crippen LogP contribution in [0.25, 0.3) is 0 Å². The first-order valence-electron chi connectivity index (χ1n) is 8.25. The number of amides is 2. The summed E-state index contributed by atoms with van der Waals surface area (Å²) in [5.74, 6) is 0.0875. The van der Waals surface area contributed by atoms with Gasteiger partial charge in [0.25, 0.3) is 0 Å². The van der Waals surface area contributed by atoms with E-state index in [1.165, 1.54) is 0 Å². The van der Waals surface area contributed by atoms with Gasteiger partial charge in [0.2, 0.25) is 0 Å². The molecular weight excluding hydrogens is 268 g/mol. The summed E-state index contributed by atoms with van der Waals surface area (Å²) >= 11 is 0. The zero-order valence-corrected chi connectivity index (χ0v) is 13.6. The van der Waals surface area contributed by atoms with Crippen LogP contribution in [-0.4, -0.2) is 41.1 Å². The van der Waals surface area contributed by atoms with Gasteiger partial charge in [-0.3, -0.25) is 4.79 Å². The van der Waals surface area contributed by atoms with E-state index in [1.807, 2.05) is 4.90 Å². The van der Waals surface area contributed by atoms with E-state index in [-0.39, 0.29) is 18.5 Å². The molecule has 5 nitrogen and oxygen atoms in total. The molecule has 1 aliphatic heterocycles. The summed E-state index contributed by atoms with van der Waals surface area (Å²) in [5, 5.41) is 11.9. The summed E-state index contributed by atoms with van der Waals surface area (Å²) in [5.41, 5.74) is 0. The highest BCUT2D eigenvalue weighted by atomic mass is 16.4. The molecule has 2 atom stereocenters. The van der Waals surface area contributed by atoms with Crippen molar-refractivity contribution in [2.45, 2.75) is 65.3 Å². The average Bonchev–Trinajstić information content (AvgIpc) is 2.46. The van der Waals surface area contributed by atoms with Gasteiger partial charge in [-0.1, -0.05) is 26.7 Å². The standard InChI is InChI=1S/C16H30N2O3/c1-4-14(5-2)12(3)17-16(21)18-10-6-7-13(11-18)8-9-15(19)20/h12-14H,4-11H2,1-3H3,(H,17,21)(H,19,20). The molecule has 0 spiro atoms. The second-order valence-electron chi connectivity index (χ2n) is 6.20. The summed E-state index contributed by atoms with van der Waals surface area (Å²) in [7, 11) is 0. The lowest BCUT2D eigenvalue weighted by Gasteiger charge is -2.34. The number of rotatable bonds is 7. The molecule has 122 valence electrons.